The summed E-state index contributed by atoms with van der Waals surface area (Å²) in [6, 6.07) is 4.75. The van der Waals surface area contributed by atoms with Crippen LogP contribution in [0.5, 0.6) is 0 Å². The minimum Gasteiger partial charge on any atom is -0.348 e. The maximum atomic E-state index is 13.3. The molecule has 1 aliphatic rings. The van der Waals surface area contributed by atoms with Crippen LogP contribution in [0.25, 0.3) is 5.69 Å². The molecule has 0 saturated carbocycles. The Morgan fingerprint density at radius 1 is 1.50 bits per heavy atom. The average Bonchev–Trinajstić information content (AvgIpc) is 2.92. The maximum absolute atomic E-state index is 13.3. The number of halogens is 2. The summed E-state index contributed by atoms with van der Waals surface area (Å²) in [5, 5.41) is 14.3. The van der Waals surface area contributed by atoms with Crippen LogP contribution in [-0.2, 0) is 0 Å². The highest BCUT2D eigenvalue weighted by Gasteiger charge is 2.23. The quantitative estimate of drug-likeness (QED) is 0.889. The van der Waals surface area contributed by atoms with Crippen LogP contribution >= 0.6 is 11.6 Å². The van der Waals surface area contributed by atoms with Gasteiger partial charge in [0.1, 0.15) is 5.82 Å². The molecule has 1 amide bonds. The summed E-state index contributed by atoms with van der Waals surface area (Å²) in [6.45, 7) is 4.72. The molecule has 2 atom stereocenters. The van der Waals surface area contributed by atoms with Crippen LogP contribution in [0.2, 0.25) is 5.02 Å². The van der Waals surface area contributed by atoms with E-state index in [2.05, 4.69) is 27.9 Å². The Morgan fingerprint density at radius 3 is 3.00 bits per heavy atom. The molecule has 3 rings (SSSR count). The van der Waals surface area contributed by atoms with E-state index in [1.54, 1.807) is 13.0 Å². The number of carbonyl (C=O) groups is 1. The van der Waals surface area contributed by atoms with Crippen molar-refractivity contribution in [3.05, 3.63) is 40.4 Å². The molecular formula is C16H19ClFN5O. The van der Waals surface area contributed by atoms with Gasteiger partial charge >= 0.3 is 0 Å². The second-order valence-electron chi connectivity index (χ2n) is 6.08. The van der Waals surface area contributed by atoms with E-state index in [0.717, 1.165) is 19.4 Å². The first kappa shape index (κ1) is 16.9. The first-order valence-corrected chi connectivity index (χ1v) is 8.25. The van der Waals surface area contributed by atoms with Crippen molar-refractivity contribution in [3.63, 3.8) is 0 Å². The Bertz CT molecular complexity index is 763. The number of carbonyl (C=O) groups excluding carboxylic acids is 1. The molecule has 0 aliphatic carbocycles. The molecule has 0 bridgehead atoms. The van der Waals surface area contributed by atoms with Crippen LogP contribution in [0.3, 0.4) is 0 Å². The van der Waals surface area contributed by atoms with Crippen molar-refractivity contribution in [1.82, 2.24) is 25.6 Å². The molecule has 1 aromatic carbocycles. The largest absolute Gasteiger partial charge is 0.348 e. The topological polar surface area (TPSA) is 71.8 Å². The molecule has 1 fully saturated rings. The second-order valence-corrected chi connectivity index (χ2v) is 6.49. The average molecular weight is 352 g/mol. The smallest absolute Gasteiger partial charge is 0.273 e. The molecule has 24 heavy (non-hydrogen) atoms. The van der Waals surface area contributed by atoms with Crippen LogP contribution in [0.4, 0.5) is 4.39 Å². The van der Waals surface area contributed by atoms with E-state index in [4.69, 9.17) is 11.6 Å². The summed E-state index contributed by atoms with van der Waals surface area (Å²) < 4.78 is 14.8. The number of nitrogens with zero attached hydrogens (tertiary/aromatic N) is 3. The zero-order valence-electron chi connectivity index (χ0n) is 13.5. The van der Waals surface area contributed by atoms with E-state index in [1.807, 2.05) is 0 Å². The summed E-state index contributed by atoms with van der Waals surface area (Å²) in [4.78, 5) is 12.5. The zero-order chi connectivity index (χ0) is 17.3. The van der Waals surface area contributed by atoms with E-state index < -0.39 is 5.82 Å². The first-order chi connectivity index (χ1) is 11.5. The van der Waals surface area contributed by atoms with Crippen molar-refractivity contribution >= 4 is 17.5 Å². The summed E-state index contributed by atoms with van der Waals surface area (Å²) in [5.41, 5.74) is 1.40. The van der Waals surface area contributed by atoms with Crippen molar-refractivity contribution in [2.75, 3.05) is 6.54 Å². The van der Waals surface area contributed by atoms with Gasteiger partial charge in [-0.05, 0) is 51.4 Å². The lowest BCUT2D eigenvalue weighted by Crippen LogP contribution is -2.46. The van der Waals surface area contributed by atoms with E-state index >= 15 is 0 Å². The normalized spacial score (nSPS) is 20.8. The van der Waals surface area contributed by atoms with Crippen molar-refractivity contribution in [2.24, 2.45) is 0 Å². The monoisotopic (exact) mass is 351 g/mol. The van der Waals surface area contributed by atoms with Crippen LogP contribution in [0.15, 0.2) is 18.2 Å². The zero-order valence-corrected chi connectivity index (χ0v) is 14.3. The first-order valence-electron chi connectivity index (χ1n) is 7.87. The molecule has 1 aromatic heterocycles. The Morgan fingerprint density at radius 2 is 2.29 bits per heavy atom. The fourth-order valence-electron chi connectivity index (χ4n) is 2.92. The standard InChI is InChI=1S/C16H19ClFN5O/c1-9-7-11(5-6-19-9)20-16(24)15-10(2)23(22-21-15)12-3-4-14(18)13(17)8-12/h3-4,8-9,11,19H,5-7H2,1-2H3,(H,20,24). The lowest BCUT2D eigenvalue weighted by molar-refractivity contribution is 0.0920. The van der Waals surface area contributed by atoms with E-state index in [0.29, 0.717) is 17.4 Å². The number of hydrogen-bond acceptors (Lipinski definition) is 4. The van der Waals surface area contributed by atoms with Gasteiger partial charge in [-0.2, -0.15) is 0 Å². The van der Waals surface area contributed by atoms with Crippen LogP contribution in [0, 0.1) is 12.7 Å². The van der Waals surface area contributed by atoms with Gasteiger partial charge in [0, 0.05) is 12.1 Å². The predicted molar refractivity (Wildman–Crippen MR) is 89.0 cm³/mol. The molecule has 1 saturated heterocycles. The van der Waals surface area contributed by atoms with Crippen LogP contribution in [-0.4, -0.2) is 39.5 Å². The maximum Gasteiger partial charge on any atom is 0.273 e. The van der Waals surface area contributed by atoms with Gasteiger partial charge in [0.05, 0.1) is 16.4 Å². The van der Waals surface area contributed by atoms with Crippen LogP contribution in [0.1, 0.15) is 35.9 Å². The summed E-state index contributed by atoms with van der Waals surface area (Å²) in [5.74, 6) is -0.748. The number of aromatic nitrogens is 3. The fourth-order valence-corrected chi connectivity index (χ4v) is 3.09. The minimum absolute atomic E-state index is 0.00269. The summed E-state index contributed by atoms with van der Waals surface area (Å²) in [7, 11) is 0. The number of amides is 1. The molecule has 0 spiro atoms. The lowest BCUT2D eigenvalue weighted by atomic mass is 10.0. The Balaban J connectivity index is 1.78. The van der Waals surface area contributed by atoms with Crippen LogP contribution < -0.4 is 10.6 Å². The van der Waals surface area contributed by atoms with E-state index in [9.17, 15) is 9.18 Å². The van der Waals surface area contributed by atoms with E-state index in [-0.39, 0.29) is 22.7 Å². The molecule has 0 radical (unpaired) electrons. The van der Waals surface area contributed by atoms with E-state index in [1.165, 1.54) is 16.8 Å². The number of rotatable bonds is 3. The highest BCUT2D eigenvalue weighted by atomic mass is 35.5. The second kappa shape index (κ2) is 6.86. The molecule has 128 valence electrons. The molecule has 2 unspecified atom stereocenters. The van der Waals surface area contributed by atoms with Crippen molar-refractivity contribution in [1.29, 1.82) is 0 Å². The van der Waals surface area contributed by atoms with Gasteiger partial charge in [0.2, 0.25) is 0 Å². The highest BCUT2D eigenvalue weighted by molar-refractivity contribution is 6.30. The number of benzene rings is 1. The van der Waals surface area contributed by atoms with Gasteiger partial charge in [-0.3, -0.25) is 4.79 Å². The van der Waals surface area contributed by atoms with Crippen molar-refractivity contribution in [3.8, 4) is 5.69 Å². The Hall–Kier alpha value is -1.99. The Labute approximate surface area is 144 Å². The van der Waals surface area contributed by atoms with Gasteiger partial charge in [-0.25, -0.2) is 9.07 Å². The molecule has 8 heteroatoms. The summed E-state index contributed by atoms with van der Waals surface area (Å²) >= 11 is 5.81. The third kappa shape index (κ3) is 3.42. The lowest BCUT2D eigenvalue weighted by Gasteiger charge is -2.28. The van der Waals surface area contributed by atoms with Gasteiger partial charge in [0.25, 0.3) is 5.91 Å². The molecular weight excluding hydrogens is 333 g/mol. The number of hydrogen-bond donors (Lipinski definition) is 2. The summed E-state index contributed by atoms with van der Waals surface area (Å²) in [6.07, 6.45) is 1.77. The SMILES string of the molecule is Cc1c(C(=O)NC2CCNC(C)C2)nnn1-c1ccc(F)c(Cl)c1. The third-order valence-electron chi connectivity index (χ3n) is 4.22. The third-order valence-corrected chi connectivity index (χ3v) is 4.51. The van der Waals surface area contributed by atoms with Gasteiger partial charge in [0.15, 0.2) is 5.69 Å². The van der Waals surface area contributed by atoms with Crippen molar-refractivity contribution in [2.45, 2.75) is 38.8 Å². The predicted octanol–water partition coefficient (Wildman–Crippen LogP) is 2.24. The Kier molecular flexibility index (Phi) is 4.82. The molecule has 2 aromatic rings. The van der Waals surface area contributed by atoms with Gasteiger partial charge < -0.3 is 10.6 Å². The van der Waals surface area contributed by atoms with Gasteiger partial charge in [-0.15, -0.1) is 5.10 Å². The number of piperidine rings is 1. The highest BCUT2D eigenvalue weighted by Crippen LogP contribution is 2.20. The molecule has 1 aliphatic heterocycles. The van der Waals surface area contributed by atoms with Gasteiger partial charge in [-0.1, -0.05) is 16.8 Å². The number of nitrogens with one attached hydrogen (secondary N) is 2. The fraction of sp³-hybridized carbons (Fsp3) is 0.438. The minimum atomic E-state index is -0.504. The molecule has 6 nitrogen and oxygen atoms in total. The van der Waals surface area contributed by atoms with Crippen molar-refractivity contribution < 1.29 is 9.18 Å². The molecule has 2 N–H and O–H groups in total. The molecule has 2 heterocycles.